The average Bonchev–Trinajstić information content (AvgIpc) is 2.98. The Morgan fingerprint density at radius 3 is 2.52 bits per heavy atom. The van der Waals surface area contributed by atoms with Crippen molar-refractivity contribution >= 4 is 5.91 Å². The molecule has 3 unspecified atom stereocenters. The summed E-state index contributed by atoms with van der Waals surface area (Å²) in [5, 5.41) is 3.58. The number of hydrogen-bond acceptors (Lipinski definition) is 3. The number of nitrogens with one attached hydrogen (secondary N) is 1. The fraction of sp³-hybridized carbons (Fsp3) is 0.941. The number of amides is 1. The van der Waals surface area contributed by atoms with Crippen LogP contribution in [0.5, 0.6) is 0 Å². The lowest BCUT2D eigenvalue weighted by atomic mass is 10.0. The summed E-state index contributed by atoms with van der Waals surface area (Å²) in [6, 6.07) is 0.0288. The highest BCUT2D eigenvalue weighted by Crippen LogP contribution is 2.25. The summed E-state index contributed by atoms with van der Waals surface area (Å²) in [7, 11) is 0. The first-order chi connectivity index (χ1) is 9.92. The van der Waals surface area contributed by atoms with Crippen molar-refractivity contribution in [2.24, 2.45) is 17.8 Å². The summed E-state index contributed by atoms with van der Waals surface area (Å²) in [6.45, 7) is 15.4. The fourth-order valence-corrected chi connectivity index (χ4v) is 3.73. The molecule has 3 atom stereocenters. The van der Waals surface area contributed by atoms with E-state index in [1.807, 2.05) is 0 Å². The highest BCUT2D eigenvalue weighted by Gasteiger charge is 2.41. The Bertz CT molecular complexity index is 356. The van der Waals surface area contributed by atoms with Crippen molar-refractivity contribution < 1.29 is 4.79 Å². The molecule has 122 valence electrons. The Morgan fingerprint density at radius 2 is 2.00 bits per heavy atom. The molecule has 1 amide bonds. The SMILES string of the molecule is CCN1CCC(CN2C(=O)C(CC(C)C)NC2C(C)C)C1. The van der Waals surface area contributed by atoms with E-state index in [-0.39, 0.29) is 12.2 Å². The van der Waals surface area contributed by atoms with Crippen LogP contribution in [0.2, 0.25) is 0 Å². The first-order valence-corrected chi connectivity index (χ1v) is 8.71. The third-order valence-corrected chi connectivity index (χ3v) is 4.90. The van der Waals surface area contributed by atoms with E-state index in [4.69, 9.17) is 0 Å². The summed E-state index contributed by atoms with van der Waals surface area (Å²) in [4.78, 5) is 17.4. The molecule has 4 nitrogen and oxygen atoms in total. The van der Waals surface area contributed by atoms with Gasteiger partial charge in [0, 0.05) is 13.1 Å². The summed E-state index contributed by atoms with van der Waals surface area (Å²) in [5.41, 5.74) is 0. The average molecular weight is 295 g/mol. The second-order valence-electron chi connectivity index (χ2n) is 7.58. The normalized spacial score (nSPS) is 31.1. The van der Waals surface area contributed by atoms with E-state index in [2.05, 4.69) is 49.7 Å². The van der Waals surface area contributed by atoms with E-state index in [9.17, 15) is 4.79 Å². The van der Waals surface area contributed by atoms with Gasteiger partial charge in [0.25, 0.3) is 0 Å². The standard InChI is InChI=1S/C17H33N3O/c1-6-19-8-7-14(10-19)11-20-16(13(4)5)18-15(17(20)21)9-12(2)3/h12-16,18H,6-11H2,1-5H3. The quantitative estimate of drug-likeness (QED) is 0.815. The van der Waals surface area contributed by atoms with Gasteiger partial charge in [0.05, 0.1) is 12.2 Å². The van der Waals surface area contributed by atoms with Crippen molar-refractivity contribution in [3.8, 4) is 0 Å². The van der Waals surface area contributed by atoms with Crippen LogP contribution in [-0.2, 0) is 4.79 Å². The minimum Gasteiger partial charge on any atom is -0.325 e. The molecule has 4 heteroatoms. The zero-order chi connectivity index (χ0) is 15.6. The molecule has 21 heavy (non-hydrogen) atoms. The maximum atomic E-state index is 12.7. The number of hydrogen-bond donors (Lipinski definition) is 1. The van der Waals surface area contributed by atoms with Gasteiger partial charge in [0.1, 0.15) is 0 Å². The first-order valence-electron chi connectivity index (χ1n) is 8.71. The molecule has 0 bridgehead atoms. The van der Waals surface area contributed by atoms with E-state index >= 15 is 0 Å². The Hall–Kier alpha value is -0.610. The van der Waals surface area contributed by atoms with Crippen molar-refractivity contribution in [3.05, 3.63) is 0 Å². The van der Waals surface area contributed by atoms with Crippen molar-refractivity contribution in [2.45, 2.75) is 59.7 Å². The molecule has 0 aromatic rings. The van der Waals surface area contributed by atoms with Gasteiger partial charge in [-0.2, -0.15) is 0 Å². The maximum Gasteiger partial charge on any atom is 0.241 e. The van der Waals surface area contributed by atoms with Crippen molar-refractivity contribution in [1.29, 1.82) is 0 Å². The molecule has 2 fully saturated rings. The number of carbonyl (C=O) groups is 1. The molecule has 2 heterocycles. The number of carbonyl (C=O) groups excluding carboxylic acids is 1. The molecule has 0 spiro atoms. The topological polar surface area (TPSA) is 35.6 Å². The zero-order valence-electron chi connectivity index (χ0n) is 14.4. The fourth-order valence-electron chi connectivity index (χ4n) is 3.73. The largest absolute Gasteiger partial charge is 0.325 e. The van der Waals surface area contributed by atoms with E-state index < -0.39 is 0 Å². The van der Waals surface area contributed by atoms with Gasteiger partial charge in [0.2, 0.25) is 5.91 Å². The van der Waals surface area contributed by atoms with E-state index in [1.165, 1.54) is 13.0 Å². The molecule has 0 saturated carbocycles. The smallest absolute Gasteiger partial charge is 0.241 e. The minimum atomic E-state index is 0.0288. The van der Waals surface area contributed by atoms with E-state index in [0.717, 1.165) is 26.1 Å². The highest BCUT2D eigenvalue weighted by atomic mass is 16.2. The number of likely N-dealkylation sites (tertiary alicyclic amines) is 1. The third kappa shape index (κ3) is 3.98. The van der Waals surface area contributed by atoms with E-state index in [0.29, 0.717) is 23.7 Å². The van der Waals surface area contributed by atoms with Crippen molar-refractivity contribution in [2.75, 3.05) is 26.2 Å². The van der Waals surface area contributed by atoms with Gasteiger partial charge >= 0.3 is 0 Å². The maximum absolute atomic E-state index is 12.7. The molecule has 0 aromatic carbocycles. The van der Waals surface area contributed by atoms with Gasteiger partial charge in [-0.05, 0) is 43.7 Å². The Balaban J connectivity index is 1.99. The van der Waals surface area contributed by atoms with Crippen molar-refractivity contribution in [1.82, 2.24) is 15.1 Å². The molecule has 2 aliphatic heterocycles. The predicted octanol–water partition coefficient (Wildman–Crippen LogP) is 2.16. The summed E-state index contributed by atoms with van der Waals surface area (Å²) in [6.07, 6.45) is 2.40. The van der Waals surface area contributed by atoms with Gasteiger partial charge in [-0.25, -0.2) is 0 Å². The van der Waals surface area contributed by atoms with Crippen LogP contribution < -0.4 is 5.32 Å². The molecule has 2 saturated heterocycles. The zero-order valence-corrected chi connectivity index (χ0v) is 14.4. The molecule has 0 aromatic heterocycles. The minimum absolute atomic E-state index is 0.0288. The van der Waals surface area contributed by atoms with E-state index in [1.54, 1.807) is 0 Å². The molecule has 0 aliphatic carbocycles. The summed E-state index contributed by atoms with van der Waals surface area (Å²) < 4.78 is 0. The van der Waals surface area contributed by atoms with Crippen LogP contribution in [0.25, 0.3) is 0 Å². The van der Waals surface area contributed by atoms with Crippen LogP contribution in [0.15, 0.2) is 0 Å². The Labute approximate surface area is 130 Å². The lowest BCUT2D eigenvalue weighted by molar-refractivity contribution is -0.131. The molecule has 1 N–H and O–H groups in total. The molecule has 2 rings (SSSR count). The second kappa shape index (κ2) is 7.10. The summed E-state index contributed by atoms with van der Waals surface area (Å²) >= 11 is 0. The monoisotopic (exact) mass is 295 g/mol. The number of nitrogens with zero attached hydrogens (tertiary/aromatic N) is 2. The molecular weight excluding hydrogens is 262 g/mol. The highest BCUT2D eigenvalue weighted by molar-refractivity contribution is 5.84. The van der Waals surface area contributed by atoms with Gasteiger partial charge < -0.3 is 9.80 Å². The van der Waals surface area contributed by atoms with Gasteiger partial charge in [-0.1, -0.05) is 34.6 Å². The second-order valence-corrected chi connectivity index (χ2v) is 7.58. The Morgan fingerprint density at radius 1 is 1.29 bits per heavy atom. The third-order valence-electron chi connectivity index (χ3n) is 4.90. The summed E-state index contributed by atoms with van der Waals surface area (Å²) in [5.74, 6) is 2.00. The molecular formula is C17H33N3O. The van der Waals surface area contributed by atoms with Crippen LogP contribution in [-0.4, -0.2) is 54.1 Å². The van der Waals surface area contributed by atoms with Crippen molar-refractivity contribution in [3.63, 3.8) is 0 Å². The van der Waals surface area contributed by atoms with Crippen LogP contribution >= 0.6 is 0 Å². The Kier molecular flexibility index (Phi) is 5.67. The van der Waals surface area contributed by atoms with Crippen LogP contribution in [0, 0.1) is 17.8 Å². The van der Waals surface area contributed by atoms with Crippen LogP contribution in [0.1, 0.15) is 47.5 Å². The molecule has 2 aliphatic rings. The van der Waals surface area contributed by atoms with Gasteiger partial charge in [-0.15, -0.1) is 0 Å². The van der Waals surface area contributed by atoms with Crippen LogP contribution in [0.4, 0.5) is 0 Å². The first kappa shape index (κ1) is 16.8. The number of rotatable bonds is 6. The van der Waals surface area contributed by atoms with Crippen LogP contribution in [0.3, 0.4) is 0 Å². The predicted molar refractivity (Wildman–Crippen MR) is 86.9 cm³/mol. The van der Waals surface area contributed by atoms with Gasteiger partial charge in [-0.3, -0.25) is 10.1 Å². The molecule has 0 radical (unpaired) electrons. The lowest BCUT2D eigenvalue weighted by Gasteiger charge is -2.29. The van der Waals surface area contributed by atoms with Gasteiger partial charge in [0.15, 0.2) is 0 Å². The lowest BCUT2D eigenvalue weighted by Crippen LogP contribution is -2.44.